The van der Waals surface area contributed by atoms with E-state index in [1.54, 1.807) is 17.0 Å². The molecule has 5 rings (SSSR count). The second kappa shape index (κ2) is 10.7. The normalized spacial score (nSPS) is 13.8. The van der Waals surface area contributed by atoms with E-state index in [-0.39, 0.29) is 35.0 Å². The molecule has 1 aliphatic heterocycles. The number of nitrogens with zero attached hydrogens (tertiary/aromatic N) is 5. The van der Waals surface area contributed by atoms with Crippen molar-refractivity contribution in [1.29, 1.82) is 5.26 Å². The summed E-state index contributed by atoms with van der Waals surface area (Å²) in [4.78, 5) is 35.3. The highest BCUT2D eigenvalue weighted by molar-refractivity contribution is 6.32. The summed E-state index contributed by atoms with van der Waals surface area (Å²) >= 11 is 6.18. The maximum Gasteiger partial charge on any atom is 0.275 e. The number of nitrogens with one attached hydrogen (secondary N) is 1. The Balaban J connectivity index is 1.51. The minimum Gasteiger partial charge on any atom is -0.486 e. The molecule has 1 aliphatic rings. The second-order valence-electron chi connectivity index (χ2n) is 8.64. The summed E-state index contributed by atoms with van der Waals surface area (Å²) in [5.41, 5.74) is 1.27. The first kappa shape index (κ1) is 25.6. The summed E-state index contributed by atoms with van der Waals surface area (Å²) in [6, 6.07) is 9.72. The Bertz CT molecular complexity index is 1620. The fourth-order valence-electron chi connectivity index (χ4n) is 4.27. The van der Waals surface area contributed by atoms with Gasteiger partial charge in [-0.05, 0) is 18.2 Å². The number of ether oxygens (including phenoxy) is 2. The van der Waals surface area contributed by atoms with Crippen molar-refractivity contribution < 1.29 is 23.0 Å². The minimum atomic E-state index is -2.65. The number of halogens is 3. The molecule has 1 saturated heterocycles. The predicted octanol–water partition coefficient (Wildman–Crippen LogP) is 2.89. The molecule has 0 radical (unpaired) electrons. The number of morpholine rings is 1. The van der Waals surface area contributed by atoms with Crippen LogP contribution in [0.15, 0.2) is 35.1 Å². The number of nitriles is 1. The molecule has 1 amide bonds. The zero-order chi connectivity index (χ0) is 26.8. The number of carbonyl (C=O) groups excluding carboxylic acids is 1. The molecular weight excluding hydrogens is 522 g/mol. The smallest absolute Gasteiger partial charge is 0.275 e. The Hall–Kier alpha value is -4.08. The third-order valence-corrected chi connectivity index (χ3v) is 6.39. The number of carbonyl (C=O) groups is 1. The fourth-order valence-corrected chi connectivity index (χ4v) is 4.49. The van der Waals surface area contributed by atoms with Gasteiger partial charge in [-0.3, -0.25) is 9.59 Å². The Labute approximate surface area is 219 Å². The summed E-state index contributed by atoms with van der Waals surface area (Å²) in [5, 5.41) is 14.8. The summed E-state index contributed by atoms with van der Waals surface area (Å²) in [6.07, 6.45) is -2.50. The number of fused-ring (bicyclic) bond motifs is 2. The number of benzene rings is 2. The van der Waals surface area contributed by atoms with Crippen LogP contribution >= 0.6 is 11.6 Å². The maximum atomic E-state index is 13.2. The standard InChI is InChI=1S/C25H21ClF2N6O4/c26-17-8-19-20(9-21(17)38-13-22(27)28)31-23(30-19)10-18-15-2-1-14(11-29)7-16(15)25(36)34(32-18)12-24(35)33-3-5-37-6-4-33/h1-2,7-9,22H,3-6,10,12-13H2,(H,30,31). The average molecular weight is 543 g/mol. The lowest BCUT2D eigenvalue weighted by Crippen LogP contribution is -2.44. The lowest BCUT2D eigenvalue weighted by molar-refractivity contribution is -0.136. The van der Waals surface area contributed by atoms with Gasteiger partial charge in [0.15, 0.2) is 0 Å². The average Bonchev–Trinajstić information content (AvgIpc) is 3.30. The van der Waals surface area contributed by atoms with Gasteiger partial charge in [-0.15, -0.1) is 0 Å². The molecule has 0 unspecified atom stereocenters. The first-order valence-corrected chi connectivity index (χ1v) is 12.1. The van der Waals surface area contributed by atoms with Gasteiger partial charge in [0, 0.05) is 24.5 Å². The summed E-state index contributed by atoms with van der Waals surface area (Å²) in [6.45, 7) is 0.641. The van der Waals surface area contributed by atoms with Gasteiger partial charge in [0.2, 0.25) is 5.91 Å². The van der Waals surface area contributed by atoms with Crippen LogP contribution in [-0.4, -0.2) is 69.9 Å². The number of amides is 1. The first-order chi connectivity index (χ1) is 18.3. The Morgan fingerprint density at radius 3 is 2.76 bits per heavy atom. The first-order valence-electron chi connectivity index (χ1n) is 11.7. The van der Waals surface area contributed by atoms with Crippen LogP contribution in [-0.2, 0) is 22.5 Å². The van der Waals surface area contributed by atoms with Crippen LogP contribution in [0, 0.1) is 11.3 Å². The van der Waals surface area contributed by atoms with Gasteiger partial charge in [-0.1, -0.05) is 17.7 Å². The van der Waals surface area contributed by atoms with E-state index in [0.29, 0.717) is 59.8 Å². The number of aromatic nitrogens is 4. The summed E-state index contributed by atoms with van der Waals surface area (Å²) in [5.74, 6) is 0.282. The predicted molar refractivity (Wildman–Crippen MR) is 134 cm³/mol. The van der Waals surface area contributed by atoms with Crippen molar-refractivity contribution in [2.75, 3.05) is 32.9 Å². The third-order valence-electron chi connectivity index (χ3n) is 6.10. The number of aromatic amines is 1. The van der Waals surface area contributed by atoms with Crippen molar-refractivity contribution in [2.24, 2.45) is 0 Å². The lowest BCUT2D eigenvalue weighted by Gasteiger charge is -2.27. The SMILES string of the molecule is N#Cc1ccc2c(Cc3nc4cc(OCC(F)F)c(Cl)cc4[nH]3)nn(CC(=O)N3CCOCC3)c(=O)c2c1. The van der Waals surface area contributed by atoms with E-state index < -0.39 is 18.6 Å². The molecule has 0 saturated carbocycles. The molecule has 0 aliphatic carbocycles. The van der Waals surface area contributed by atoms with Crippen molar-refractivity contribution in [2.45, 2.75) is 19.4 Å². The third kappa shape index (κ3) is 5.29. The van der Waals surface area contributed by atoms with Crippen LogP contribution < -0.4 is 10.3 Å². The molecule has 0 spiro atoms. The van der Waals surface area contributed by atoms with Gasteiger partial charge in [-0.2, -0.15) is 10.4 Å². The van der Waals surface area contributed by atoms with E-state index in [2.05, 4.69) is 15.1 Å². The molecule has 13 heteroatoms. The number of hydrogen-bond donors (Lipinski definition) is 1. The van der Waals surface area contributed by atoms with Gasteiger partial charge in [0.25, 0.3) is 12.0 Å². The van der Waals surface area contributed by atoms with Crippen LogP contribution in [0.25, 0.3) is 21.8 Å². The van der Waals surface area contributed by atoms with Gasteiger partial charge in [-0.25, -0.2) is 18.4 Å². The van der Waals surface area contributed by atoms with E-state index in [1.165, 1.54) is 18.2 Å². The summed E-state index contributed by atoms with van der Waals surface area (Å²) in [7, 11) is 0. The topological polar surface area (TPSA) is 126 Å². The molecule has 0 atom stereocenters. The zero-order valence-corrected chi connectivity index (χ0v) is 20.7. The molecule has 10 nitrogen and oxygen atoms in total. The minimum absolute atomic E-state index is 0.0836. The van der Waals surface area contributed by atoms with Gasteiger partial charge < -0.3 is 19.4 Å². The van der Waals surface area contributed by atoms with Gasteiger partial charge in [0.05, 0.1) is 58.4 Å². The highest BCUT2D eigenvalue weighted by atomic mass is 35.5. The maximum absolute atomic E-state index is 13.2. The molecule has 4 aromatic rings. The molecule has 2 aromatic heterocycles. The van der Waals surface area contributed by atoms with Crippen molar-refractivity contribution in [3.63, 3.8) is 0 Å². The number of rotatable bonds is 7. The monoisotopic (exact) mass is 542 g/mol. The van der Waals surface area contributed by atoms with Crippen LogP contribution in [0.5, 0.6) is 5.75 Å². The van der Waals surface area contributed by atoms with E-state index in [0.717, 1.165) is 4.68 Å². The molecule has 2 aromatic carbocycles. The number of H-pyrrole nitrogens is 1. The fraction of sp³-hybridized carbons (Fsp3) is 0.320. The molecule has 196 valence electrons. The Morgan fingerprint density at radius 1 is 1.24 bits per heavy atom. The van der Waals surface area contributed by atoms with E-state index >= 15 is 0 Å². The van der Waals surface area contributed by atoms with E-state index in [1.807, 2.05) is 6.07 Å². The Kier molecular flexibility index (Phi) is 7.22. The summed E-state index contributed by atoms with van der Waals surface area (Å²) < 4.78 is 36.6. The highest BCUT2D eigenvalue weighted by Gasteiger charge is 2.21. The second-order valence-corrected chi connectivity index (χ2v) is 9.04. The van der Waals surface area contributed by atoms with Gasteiger partial charge >= 0.3 is 0 Å². The molecule has 1 N–H and O–H groups in total. The van der Waals surface area contributed by atoms with Crippen molar-refractivity contribution >= 4 is 39.3 Å². The van der Waals surface area contributed by atoms with Crippen LogP contribution in [0.4, 0.5) is 8.78 Å². The van der Waals surface area contributed by atoms with E-state index in [9.17, 15) is 23.6 Å². The molecule has 0 bridgehead atoms. The van der Waals surface area contributed by atoms with Gasteiger partial charge in [0.1, 0.15) is 24.7 Å². The lowest BCUT2D eigenvalue weighted by atomic mass is 10.1. The molecule has 1 fully saturated rings. The highest BCUT2D eigenvalue weighted by Crippen LogP contribution is 2.30. The molecule has 3 heterocycles. The number of alkyl halides is 2. The molecule has 38 heavy (non-hydrogen) atoms. The number of imidazole rings is 1. The van der Waals surface area contributed by atoms with Crippen molar-refractivity contribution in [3.8, 4) is 11.8 Å². The molecular formula is C25H21ClF2N6O4. The largest absolute Gasteiger partial charge is 0.486 e. The van der Waals surface area contributed by atoms with Crippen LogP contribution in [0.1, 0.15) is 17.1 Å². The van der Waals surface area contributed by atoms with Crippen LogP contribution in [0.3, 0.4) is 0 Å². The quantitative estimate of drug-likeness (QED) is 0.380. The van der Waals surface area contributed by atoms with E-state index in [4.69, 9.17) is 21.1 Å². The van der Waals surface area contributed by atoms with Crippen molar-refractivity contribution in [3.05, 3.63) is 62.8 Å². The number of hydrogen-bond acceptors (Lipinski definition) is 7. The zero-order valence-electron chi connectivity index (χ0n) is 19.9. The van der Waals surface area contributed by atoms with Crippen LogP contribution in [0.2, 0.25) is 5.02 Å². The Morgan fingerprint density at radius 2 is 2.03 bits per heavy atom. The van der Waals surface area contributed by atoms with Crippen molar-refractivity contribution in [1.82, 2.24) is 24.6 Å².